The molecule has 0 radical (unpaired) electrons. The number of hydrogen-bond acceptors (Lipinski definition) is 3. The predicted molar refractivity (Wildman–Crippen MR) is 112 cm³/mol. The van der Waals surface area contributed by atoms with Crippen LogP contribution in [-0.2, 0) is 0 Å². The topological polar surface area (TPSA) is 70.2 Å². The molecule has 0 saturated carbocycles. The van der Waals surface area contributed by atoms with Crippen LogP contribution in [0, 0.1) is 3.57 Å². The van der Waals surface area contributed by atoms with Crippen LogP contribution < -0.4 is 16.0 Å². The first-order valence-corrected chi connectivity index (χ1v) is 9.25. The van der Waals surface area contributed by atoms with Crippen molar-refractivity contribution in [2.75, 3.05) is 11.9 Å². The smallest absolute Gasteiger partial charge is 0.258 e. The fourth-order valence-corrected chi connectivity index (χ4v) is 2.90. The summed E-state index contributed by atoms with van der Waals surface area (Å²) in [7, 11) is 0. The summed E-state index contributed by atoms with van der Waals surface area (Å²) in [6.07, 6.45) is 0.873. The molecule has 3 N–H and O–H groups in total. The van der Waals surface area contributed by atoms with Crippen LogP contribution in [0.2, 0.25) is 0 Å². The fourth-order valence-electron chi connectivity index (χ4n) is 2.06. The van der Waals surface area contributed by atoms with E-state index >= 15 is 0 Å². The van der Waals surface area contributed by atoms with Gasteiger partial charge < -0.3 is 10.6 Å². The molecule has 0 aromatic heterocycles. The molecule has 7 heteroatoms. The Hall–Kier alpha value is -2.00. The minimum absolute atomic E-state index is 0.140. The van der Waals surface area contributed by atoms with E-state index in [-0.39, 0.29) is 16.9 Å². The maximum absolute atomic E-state index is 12.3. The van der Waals surface area contributed by atoms with Gasteiger partial charge in [0, 0.05) is 21.4 Å². The molecule has 2 rings (SSSR count). The summed E-state index contributed by atoms with van der Waals surface area (Å²) in [6, 6.07) is 14.2. The van der Waals surface area contributed by atoms with Crippen molar-refractivity contribution in [3.63, 3.8) is 0 Å². The zero-order valence-electron chi connectivity index (χ0n) is 13.6. The normalized spacial score (nSPS) is 10.0. The standard InChI is InChI=1S/C18H18IN3O2S/c1-2-10-20-16(23)12-6-5-7-13(11-12)21-18(25)22-17(24)14-8-3-4-9-15(14)19/h3-9,11H,2,10H2,1H3,(H,20,23)(H2,21,22,24,25). The molecule has 0 bridgehead atoms. The number of nitrogens with one attached hydrogen (secondary N) is 3. The van der Waals surface area contributed by atoms with Crippen LogP contribution in [0.4, 0.5) is 5.69 Å². The number of rotatable bonds is 5. The van der Waals surface area contributed by atoms with Gasteiger partial charge in [-0.3, -0.25) is 14.9 Å². The van der Waals surface area contributed by atoms with Crippen LogP contribution in [0.15, 0.2) is 48.5 Å². The van der Waals surface area contributed by atoms with E-state index in [1.165, 1.54) is 0 Å². The molecule has 0 unspecified atom stereocenters. The minimum Gasteiger partial charge on any atom is -0.352 e. The Morgan fingerprint density at radius 2 is 1.84 bits per heavy atom. The lowest BCUT2D eigenvalue weighted by Crippen LogP contribution is -2.34. The van der Waals surface area contributed by atoms with Gasteiger partial charge in [0.05, 0.1) is 5.56 Å². The molecular formula is C18H18IN3O2S. The van der Waals surface area contributed by atoms with Crippen molar-refractivity contribution in [2.45, 2.75) is 13.3 Å². The summed E-state index contributed by atoms with van der Waals surface area (Å²) in [4.78, 5) is 24.3. The number of anilines is 1. The maximum atomic E-state index is 12.3. The molecule has 0 aliphatic rings. The second-order valence-electron chi connectivity index (χ2n) is 5.22. The van der Waals surface area contributed by atoms with Crippen molar-refractivity contribution < 1.29 is 9.59 Å². The van der Waals surface area contributed by atoms with Gasteiger partial charge in [0.1, 0.15) is 0 Å². The highest BCUT2D eigenvalue weighted by Crippen LogP contribution is 2.13. The molecule has 0 heterocycles. The highest BCUT2D eigenvalue weighted by Gasteiger charge is 2.11. The molecule has 2 aromatic rings. The highest BCUT2D eigenvalue weighted by molar-refractivity contribution is 14.1. The summed E-state index contributed by atoms with van der Waals surface area (Å²) < 4.78 is 0.843. The second kappa shape index (κ2) is 9.47. The maximum Gasteiger partial charge on any atom is 0.258 e. The molecule has 0 spiro atoms. The molecule has 0 atom stereocenters. The number of halogens is 1. The Morgan fingerprint density at radius 1 is 1.08 bits per heavy atom. The minimum atomic E-state index is -0.278. The van der Waals surface area contributed by atoms with E-state index < -0.39 is 0 Å². The van der Waals surface area contributed by atoms with Crippen molar-refractivity contribution in [1.29, 1.82) is 0 Å². The average molecular weight is 467 g/mol. The van der Waals surface area contributed by atoms with Crippen molar-refractivity contribution in [3.8, 4) is 0 Å². The van der Waals surface area contributed by atoms with E-state index in [9.17, 15) is 9.59 Å². The summed E-state index contributed by atoms with van der Waals surface area (Å²) >= 11 is 7.29. The van der Waals surface area contributed by atoms with E-state index in [2.05, 4.69) is 38.5 Å². The third-order valence-corrected chi connectivity index (χ3v) is 4.41. The number of benzene rings is 2. The number of carbonyl (C=O) groups excluding carboxylic acids is 2. The van der Waals surface area contributed by atoms with Crippen LogP contribution in [0.5, 0.6) is 0 Å². The van der Waals surface area contributed by atoms with E-state index in [1.54, 1.807) is 36.4 Å². The van der Waals surface area contributed by atoms with E-state index in [1.807, 2.05) is 19.1 Å². The average Bonchev–Trinajstić information content (AvgIpc) is 2.60. The van der Waals surface area contributed by atoms with Gasteiger partial charge in [-0.1, -0.05) is 25.1 Å². The number of hydrogen-bond donors (Lipinski definition) is 3. The van der Waals surface area contributed by atoms with Gasteiger partial charge >= 0.3 is 0 Å². The number of amides is 2. The first kappa shape index (κ1) is 19.3. The van der Waals surface area contributed by atoms with Gasteiger partial charge in [0.25, 0.3) is 11.8 Å². The van der Waals surface area contributed by atoms with E-state index in [0.29, 0.717) is 23.4 Å². The van der Waals surface area contributed by atoms with Crippen molar-refractivity contribution >= 4 is 57.4 Å². The highest BCUT2D eigenvalue weighted by atomic mass is 127. The number of thiocarbonyl (C=S) groups is 1. The van der Waals surface area contributed by atoms with E-state index in [0.717, 1.165) is 9.99 Å². The lowest BCUT2D eigenvalue weighted by Gasteiger charge is -2.11. The molecule has 2 aromatic carbocycles. The first-order valence-electron chi connectivity index (χ1n) is 7.76. The van der Waals surface area contributed by atoms with Crippen molar-refractivity contribution in [1.82, 2.24) is 10.6 Å². The monoisotopic (exact) mass is 467 g/mol. The summed E-state index contributed by atoms with van der Waals surface area (Å²) in [5, 5.41) is 8.57. The van der Waals surface area contributed by atoms with Gasteiger partial charge in [-0.2, -0.15) is 0 Å². The Balaban J connectivity index is 2.00. The molecule has 2 amide bonds. The van der Waals surface area contributed by atoms with Crippen LogP contribution >= 0.6 is 34.8 Å². The quantitative estimate of drug-likeness (QED) is 0.465. The Bertz CT molecular complexity index is 795. The Morgan fingerprint density at radius 3 is 2.56 bits per heavy atom. The van der Waals surface area contributed by atoms with Gasteiger partial charge in [-0.05, 0) is 71.6 Å². The number of carbonyl (C=O) groups is 2. The molecule has 130 valence electrons. The van der Waals surface area contributed by atoms with Crippen molar-refractivity contribution in [2.24, 2.45) is 0 Å². The third kappa shape index (κ3) is 5.79. The zero-order valence-corrected chi connectivity index (χ0v) is 16.6. The molecule has 0 aliphatic carbocycles. The molecule has 0 fully saturated rings. The van der Waals surface area contributed by atoms with Crippen LogP contribution in [0.1, 0.15) is 34.1 Å². The summed E-state index contributed by atoms with van der Waals surface area (Å²) in [5.74, 6) is -0.418. The fraction of sp³-hybridized carbons (Fsp3) is 0.167. The van der Waals surface area contributed by atoms with Crippen LogP contribution in [-0.4, -0.2) is 23.5 Å². The predicted octanol–water partition coefficient (Wildman–Crippen LogP) is 3.56. The van der Waals surface area contributed by atoms with E-state index in [4.69, 9.17) is 12.2 Å². The lowest BCUT2D eigenvalue weighted by atomic mass is 10.2. The lowest BCUT2D eigenvalue weighted by molar-refractivity contribution is 0.0951. The molecule has 25 heavy (non-hydrogen) atoms. The first-order chi connectivity index (χ1) is 12.0. The SMILES string of the molecule is CCCNC(=O)c1cccc(NC(=S)NC(=O)c2ccccc2I)c1. The third-order valence-electron chi connectivity index (χ3n) is 3.26. The Kier molecular flexibility index (Phi) is 7.32. The van der Waals surface area contributed by atoms with Gasteiger partial charge in [0.2, 0.25) is 0 Å². The van der Waals surface area contributed by atoms with Gasteiger partial charge in [-0.25, -0.2) is 0 Å². The molecule has 0 saturated heterocycles. The summed E-state index contributed by atoms with van der Waals surface area (Å²) in [5.41, 5.74) is 1.72. The van der Waals surface area contributed by atoms with Gasteiger partial charge in [0.15, 0.2) is 5.11 Å². The second-order valence-corrected chi connectivity index (χ2v) is 6.80. The Labute approximate surface area is 165 Å². The van der Waals surface area contributed by atoms with Gasteiger partial charge in [-0.15, -0.1) is 0 Å². The van der Waals surface area contributed by atoms with Crippen LogP contribution in [0.3, 0.4) is 0 Å². The molecule has 0 aliphatic heterocycles. The van der Waals surface area contributed by atoms with Crippen LogP contribution in [0.25, 0.3) is 0 Å². The molecule has 5 nitrogen and oxygen atoms in total. The van der Waals surface area contributed by atoms with Crippen molar-refractivity contribution in [3.05, 3.63) is 63.2 Å². The largest absolute Gasteiger partial charge is 0.352 e. The summed E-state index contributed by atoms with van der Waals surface area (Å²) in [6.45, 7) is 2.62. The molecular weight excluding hydrogens is 449 g/mol. The zero-order chi connectivity index (χ0) is 18.2.